The largest absolute Gasteiger partial charge is 0.379 e. The molecule has 1 aliphatic rings. The van der Waals surface area contributed by atoms with Gasteiger partial charge in [0.25, 0.3) is 0 Å². The predicted molar refractivity (Wildman–Crippen MR) is 122 cm³/mol. The van der Waals surface area contributed by atoms with Crippen LogP contribution in [0.5, 0.6) is 0 Å². The molecule has 4 atom stereocenters. The molecule has 9 nitrogen and oxygen atoms in total. The number of hydrogen-bond acceptors (Lipinski definition) is 9. The van der Waals surface area contributed by atoms with Crippen LogP contribution in [0.1, 0.15) is 59.3 Å². The van der Waals surface area contributed by atoms with Crippen LogP contribution >= 0.6 is 0 Å². The first-order chi connectivity index (χ1) is 15.2. The van der Waals surface area contributed by atoms with Gasteiger partial charge < -0.3 is 25.4 Å². The number of likely N-dealkylation sites (N-methyl/N-ethyl adjacent to an activating group) is 1. The third-order valence-corrected chi connectivity index (χ3v) is 5.55. The van der Waals surface area contributed by atoms with Crippen molar-refractivity contribution in [3.8, 4) is 0 Å². The molecule has 0 aromatic rings. The molecule has 1 fully saturated rings. The summed E-state index contributed by atoms with van der Waals surface area (Å²) >= 11 is 0. The average molecular weight is 456 g/mol. The number of ketones is 4. The van der Waals surface area contributed by atoms with E-state index in [2.05, 4.69) is 16.0 Å². The molecule has 0 amide bonds. The van der Waals surface area contributed by atoms with E-state index in [1.807, 2.05) is 7.05 Å². The summed E-state index contributed by atoms with van der Waals surface area (Å²) in [6.07, 6.45) is 2.92. The normalized spacial score (nSPS) is 19.8. The number of nitrogens with one attached hydrogen (secondary N) is 3. The van der Waals surface area contributed by atoms with Gasteiger partial charge in [0.15, 0.2) is 0 Å². The van der Waals surface area contributed by atoms with Gasteiger partial charge in [-0.3, -0.25) is 19.2 Å². The Labute approximate surface area is 191 Å². The predicted octanol–water partition coefficient (Wildman–Crippen LogP) is 0.583. The minimum atomic E-state index is -0.546. The van der Waals surface area contributed by atoms with Crippen molar-refractivity contribution in [3.05, 3.63) is 0 Å². The van der Waals surface area contributed by atoms with Crippen LogP contribution in [0.3, 0.4) is 0 Å². The zero-order valence-electron chi connectivity index (χ0n) is 20.0. The topological polar surface area (TPSA) is 123 Å². The lowest BCUT2D eigenvalue weighted by Gasteiger charge is -2.41. The van der Waals surface area contributed by atoms with Gasteiger partial charge in [-0.15, -0.1) is 0 Å². The van der Waals surface area contributed by atoms with E-state index in [4.69, 9.17) is 9.47 Å². The summed E-state index contributed by atoms with van der Waals surface area (Å²) in [6.45, 7) is 7.32. The van der Waals surface area contributed by atoms with Crippen LogP contribution in [-0.2, 0) is 28.7 Å². The summed E-state index contributed by atoms with van der Waals surface area (Å²) in [5.74, 6) is -0.174. The highest BCUT2D eigenvalue weighted by Gasteiger charge is 2.36. The highest BCUT2D eigenvalue weighted by molar-refractivity contribution is 5.90. The first-order valence-electron chi connectivity index (χ1n) is 11.6. The van der Waals surface area contributed by atoms with Crippen molar-refractivity contribution in [1.29, 1.82) is 0 Å². The Bertz CT molecular complexity index is 613. The van der Waals surface area contributed by atoms with Gasteiger partial charge in [-0.2, -0.15) is 0 Å². The Kier molecular flexibility index (Phi) is 14.4. The van der Waals surface area contributed by atoms with Gasteiger partial charge in [-0.05, 0) is 47.1 Å². The zero-order valence-corrected chi connectivity index (χ0v) is 20.0. The molecule has 0 saturated heterocycles. The van der Waals surface area contributed by atoms with Crippen LogP contribution in [0.15, 0.2) is 0 Å². The van der Waals surface area contributed by atoms with Gasteiger partial charge in [0.1, 0.15) is 23.1 Å². The van der Waals surface area contributed by atoms with Gasteiger partial charge in [0.2, 0.25) is 0 Å². The minimum absolute atomic E-state index is 0.00301. The third-order valence-electron chi connectivity index (χ3n) is 5.55. The molecule has 3 N–H and O–H groups in total. The molecule has 0 aromatic carbocycles. The summed E-state index contributed by atoms with van der Waals surface area (Å²) < 4.78 is 10.9. The highest BCUT2D eigenvalue weighted by Crippen LogP contribution is 2.22. The lowest BCUT2D eigenvalue weighted by molar-refractivity contribution is -0.126. The number of ether oxygens (including phenoxy) is 2. The molecular weight excluding hydrogens is 414 g/mol. The van der Waals surface area contributed by atoms with Crippen LogP contribution in [-0.4, -0.2) is 87.3 Å². The van der Waals surface area contributed by atoms with E-state index in [0.29, 0.717) is 39.3 Å². The Morgan fingerprint density at radius 3 is 1.84 bits per heavy atom. The van der Waals surface area contributed by atoms with Crippen molar-refractivity contribution < 1.29 is 28.7 Å². The van der Waals surface area contributed by atoms with Crippen molar-refractivity contribution in [2.45, 2.75) is 83.5 Å². The fourth-order valence-electron chi connectivity index (χ4n) is 3.60. The van der Waals surface area contributed by atoms with Crippen LogP contribution in [0.2, 0.25) is 0 Å². The molecule has 0 radical (unpaired) electrons. The van der Waals surface area contributed by atoms with Crippen LogP contribution in [0, 0.1) is 0 Å². The molecule has 0 spiro atoms. The van der Waals surface area contributed by atoms with Gasteiger partial charge in [0, 0.05) is 44.5 Å². The SMILES string of the molecule is CNCCOCCOCCCC(=O)[C@H](CC(C)=O)NC1CCC1N[C@@H](CC(C)=O)C(C)=O. The molecule has 0 aromatic heterocycles. The highest BCUT2D eigenvalue weighted by atomic mass is 16.5. The van der Waals surface area contributed by atoms with Crippen molar-refractivity contribution in [1.82, 2.24) is 16.0 Å². The molecule has 0 aliphatic heterocycles. The van der Waals surface area contributed by atoms with Gasteiger partial charge >= 0.3 is 0 Å². The molecule has 2 unspecified atom stereocenters. The molecule has 9 heteroatoms. The smallest absolute Gasteiger partial charge is 0.150 e. The molecule has 1 aliphatic carbocycles. The number of carbonyl (C=O) groups excluding carboxylic acids is 4. The molecule has 0 heterocycles. The first kappa shape index (κ1) is 28.5. The fraction of sp³-hybridized carbons (Fsp3) is 0.826. The fourth-order valence-corrected chi connectivity index (χ4v) is 3.60. The Morgan fingerprint density at radius 2 is 1.34 bits per heavy atom. The van der Waals surface area contributed by atoms with E-state index < -0.39 is 12.1 Å². The lowest BCUT2D eigenvalue weighted by Crippen LogP contribution is -2.62. The molecule has 1 saturated carbocycles. The van der Waals surface area contributed by atoms with Crippen molar-refractivity contribution in [3.63, 3.8) is 0 Å². The van der Waals surface area contributed by atoms with E-state index in [1.54, 1.807) is 0 Å². The Hall–Kier alpha value is -1.52. The second-order valence-corrected chi connectivity index (χ2v) is 8.55. The molecule has 0 bridgehead atoms. The van der Waals surface area contributed by atoms with E-state index in [0.717, 1.165) is 19.4 Å². The maximum Gasteiger partial charge on any atom is 0.150 e. The molecule has 32 heavy (non-hydrogen) atoms. The maximum atomic E-state index is 12.7. The standard InChI is InChI=1S/C23H41N3O6/c1-16(27)14-21(18(3)29)25-19-7-8-20(19)26-22(15-17(2)28)23(30)6-5-10-31-12-13-32-11-9-24-4/h19-22,24-26H,5-15H2,1-4H3/t19?,20?,21-,22-/m0/s1. The summed E-state index contributed by atoms with van der Waals surface area (Å²) in [6, 6.07) is -1.07. The average Bonchev–Trinajstić information content (AvgIpc) is 2.70. The number of carbonyl (C=O) groups is 4. The van der Waals surface area contributed by atoms with Gasteiger partial charge in [-0.25, -0.2) is 0 Å². The Balaban J connectivity index is 2.42. The summed E-state index contributed by atoms with van der Waals surface area (Å²) in [7, 11) is 1.87. The zero-order chi connectivity index (χ0) is 23.9. The quantitative estimate of drug-likeness (QED) is 0.226. The van der Waals surface area contributed by atoms with Crippen LogP contribution < -0.4 is 16.0 Å². The second kappa shape index (κ2) is 16.1. The number of Topliss-reactive ketones (excluding diaryl/α,β-unsaturated/α-hetero) is 4. The van der Waals surface area contributed by atoms with E-state index in [-0.39, 0.29) is 48.1 Å². The molecule has 1 rings (SSSR count). The van der Waals surface area contributed by atoms with Gasteiger partial charge in [-0.1, -0.05) is 0 Å². The summed E-state index contributed by atoms with van der Waals surface area (Å²) in [4.78, 5) is 47.7. The van der Waals surface area contributed by atoms with Crippen LogP contribution in [0.25, 0.3) is 0 Å². The number of rotatable bonds is 20. The van der Waals surface area contributed by atoms with E-state index in [1.165, 1.54) is 20.8 Å². The first-order valence-corrected chi connectivity index (χ1v) is 11.6. The Morgan fingerprint density at radius 1 is 0.812 bits per heavy atom. The van der Waals surface area contributed by atoms with E-state index in [9.17, 15) is 19.2 Å². The summed E-state index contributed by atoms with van der Waals surface area (Å²) in [5.41, 5.74) is 0. The van der Waals surface area contributed by atoms with Crippen molar-refractivity contribution in [2.75, 3.05) is 40.0 Å². The minimum Gasteiger partial charge on any atom is -0.379 e. The maximum absolute atomic E-state index is 12.7. The van der Waals surface area contributed by atoms with E-state index >= 15 is 0 Å². The third kappa shape index (κ3) is 11.9. The molecule has 184 valence electrons. The lowest BCUT2D eigenvalue weighted by atomic mass is 9.83. The van der Waals surface area contributed by atoms with Gasteiger partial charge in [0.05, 0.1) is 31.9 Å². The molecular formula is C23H41N3O6. The number of hydrogen-bond donors (Lipinski definition) is 3. The van der Waals surface area contributed by atoms with Crippen LogP contribution in [0.4, 0.5) is 0 Å². The monoisotopic (exact) mass is 455 g/mol. The summed E-state index contributed by atoms with van der Waals surface area (Å²) in [5, 5.41) is 9.56. The van der Waals surface area contributed by atoms with Crippen molar-refractivity contribution >= 4 is 23.1 Å². The van der Waals surface area contributed by atoms with Crippen molar-refractivity contribution in [2.24, 2.45) is 0 Å². The second-order valence-electron chi connectivity index (χ2n) is 8.55.